The van der Waals surface area contributed by atoms with Crippen LogP contribution in [0.4, 0.5) is 4.79 Å². The van der Waals surface area contributed by atoms with Gasteiger partial charge >= 0.3 is 6.03 Å². The highest BCUT2D eigenvalue weighted by atomic mass is 16.2. The highest BCUT2D eigenvalue weighted by Gasteiger charge is 2.21. The molecule has 13 heavy (non-hydrogen) atoms. The van der Waals surface area contributed by atoms with E-state index in [-0.39, 0.29) is 6.03 Å². The number of nitrogens with zero attached hydrogens (tertiary/aromatic N) is 1. The molecule has 4 nitrogen and oxygen atoms in total. The van der Waals surface area contributed by atoms with E-state index in [9.17, 15) is 4.79 Å². The Morgan fingerprint density at radius 2 is 2.46 bits per heavy atom. The molecular formula is C9H19N3O. The fourth-order valence-corrected chi connectivity index (χ4v) is 1.54. The van der Waals surface area contributed by atoms with Crippen molar-refractivity contribution in [3.8, 4) is 0 Å². The van der Waals surface area contributed by atoms with Crippen LogP contribution in [0.2, 0.25) is 0 Å². The Morgan fingerprint density at radius 1 is 1.69 bits per heavy atom. The molecule has 0 aromatic carbocycles. The molecule has 1 atom stereocenters. The first-order valence-corrected chi connectivity index (χ1v) is 4.91. The average Bonchev–Trinajstić information content (AvgIpc) is 2.11. The highest BCUT2D eigenvalue weighted by molar-refractivity contribution is 5.74. The van der Waals surface area contributed by atoms with Crippen LogP contribution in [-0.4, -0.2) is 44.2 Å². The standard InChI is InChI=1S/C9H19N3O/c1-8-6-11-9(13)12(7-8)5-3-4-10-2/h8,10H,3-7H2,1-2H3,(H,11,13). The first-order valence-electron chi connectivity index (χ1n) is 4.91. The molecular weight excluding hydrogens is 166 g/mol. The van der Waals surface area contributed by atoms with Crippen molar-refractivity contribution in [3.05, 3.63) is 0 Å². The van der Waals surface area contributed by atoms with E-state index in [1.54, 1.807) is 0 Å². The van der Waals surface area contributed by atoms with Crippen LogP contribution < -0.4 is 10.6 Å². The molecule has 1 unspecified atom stereocenters. The molecule has 4 heteroatoms. The van der Waals surface area contributed by atoms with Crippen molar-refractivity contribution >= 4 is 6.03 Å². The number of urea groups is 1. The minimum absolute atomic E-state index is 0.0919. The fourth-order valence-electron chi connectivity index (χ4n) is 1.54. The zero-order valence-corrected chi connectivity index (χ0v) is 8.47. The van der Waals surface area contributed by atoms with Gasteiger partial charge in [-0.15, -0.1) is 0 Å². The molecule has 0 aliphatic carbocycles. The number of hydrogen-bond donors (Lipinski definition) is 2. The highest BCUT2D eigenvalue weighted by Crippen LogP contribution is 2.05. The van der Waals surface area contributed by atoms with Gasteiger partial charge in [0.25, 0.3) is 0 Å². The van der Waals surface area contributed by atoms with Crippen LogP contribution in [0.5, 0.6) is 0 Å². The molecule has 1 heterocycles. The maximum absolute atomic E-state index is 11.3. The summed E-state index contributed by atoms with van der Waals surface area (Å²) in [6.45, 7) is 5.70. The Balaban J connectivity index is 2.25. The lowest BCUT2D eigenvalue weighted by molar-refractivity contribution is 0.170. The molecule has 0 spiro atoms. The Morgan fingerprint density at radius 3 is 3.15 bits per heavy atom. The third kappa shape index (κ3) is 3.22. The van der Waals surface area contributed by atoms with E-state index in [2.05, 4.69) is 17.6 Å². The SMILES string of the molecule is CNCCCN1CC(C)CNC1=O. The molecule has 1 rings (SSSR count). The van der Waals surface area contributed by atoms with Gasteiger partial charge in [0.05, 0.1) is 0 Å². The molecule has 0 saturated carbocycles. The second-order valence-corrected chi connectivity index (χ2v) is 3.69. The lowest BCUT2D eigenvalue weighted by Gasteiger charge is -2.31. The molecule has 0 aromatic rings. The molecule has 2 amide bonds. The topological polar surface area (TPSA) is 44.4 Å². The maximum Gasteiger partial charge on any atom is 0.317 e. The fraction of sp³-hybridized carbons (Fsp3) is 0.889. The number of amides is 2. The van der Waals surface area contributed by atoms with Crippen molar-refractivity contribution in [1.29, 1.82) is 0 Å². The van der Waals surface area contributed by atoms with Gasteiger partial charge in [-0.25, -0.2) is 4.79 Å². The Kier molecular flexibility index (Phi) is 4.02. The molecule has 1 aliphatic heterocycles. The zero-order chi connectivity index (χ0) is 9.68. The van der Waals surface area contributed by atoms with Crippen molar-refractivity contribution in [2.75, 3.05) is 33.2 Å². The zero-order valence-electron chi connectivity index (χ0n) is 8.47. The van der Waals surface area contributed by atoms with Crippen LogP contribution in [0, 0.1) is 5.92 Å². The van der Waals surface area contributed by atoms with Gasteiger partial charge in [-0.1, -0.05) is 6.92 Å². The van der Waals surface area contributed by atoms with Crippen LogP contribution in [0.3, 0.4) is 0 Å². The molecule has 1 saturated heterocycles. The van der Waals surface area contributed by atoms with E-state index in [0.29, 0.717) is 5.92 Å². The number of nitrogens with one attached hydrogen (secondary N) is 2. The van der Waals surface area contributed by atoms with Gasteiger partial charge in [-0.3, -0.25) is 0 Å². The van der Waals surface area contributed by atoms with E-state index in [1.165, 1.54) is 0 Å². The molecule has 0 aromatic heterocycles. The Bertz CT molecular complexity index is 172. The van der Waals surface area contributed by atoms with E-state index < -0.39 is 0 Å². The normalized spacial score (nSPS) is 23.1. The Hall–Kier alpha value is -0.770. The van der Waals surface area contributed by atoms with Gasteiger partial charge in [0.1, 0.15) is 0 Å². The summed E-state index contributed by atoms with van der Waals surface area (Å²) in [5.41, 5.74) is 0. The first kappa shape index (κ1) is 10.3. The van der Waals surface area contributed by atoms with Gasteiger partial charge in [-0.2, -0.15) is 0 Å². The van der Waals surface area contributed by atoms with Crippen molar-refractivity contribution in [2.45, 2.75) is 13.3 Å². The summed E-state index contributed by atoms with van der Waals surface area (Å²) in [7, 11) is 1.93. The van der Waals surface area contributed by atoms with E-state index >= 15 is 0 Å². The third-order valence-corrected chi connectivity index (χ3v) is 2.28. The van der Waals surface area contributed by atoms with Gasteiger partial charge < -0.3 is 15.5 Å². The molecule has 1 fully saturated rings. The molecule has 76 valence electrons. The van der Waals surface area contributed by atoms with Gasteiger partial charge in [0, 0.05) is 19.6 Å². The van der Waals surface area contributed by atoms with E-state index in [4.69, 9.17) is 0 Å². The summed E-state index contributed by atoms with van der Waals surface area (Å²) in [6.07, 6.45) is 1.02. The van der Waals surface area contributed by atoms with Crippen molar-refractivity contribution < 1.29 is 4.79 Å². The summed E-state index contributed by atoms with van der Waals surface area (Å²) < 4.78 is 0. The van der Waals surface area contributed by atoms with Crippen molar-refractivity contribution in [2.24, 2.45) is 5.92 Å². The molecule has 2 N–H and O–H groups in total. The van der Waals surface area contributed by atoms with E-state index in [1.807, 2.05) is 11.9 Å². The summed E-state index contributed by atoms with van der Waals surface area (Å²) in [6, 6.07) is 0.0919. The molecule has 1 aliphatic rings. The van der Waals surface area contributed by atoms with Crippen molar-refractivity contribution in [3.63, 3.8) is 0 Å². The van der Waals surface area contributed by atoms with Crippen LogP contribution in [0.25, 0.3) is 0 Å². The minimum Gasteiger partial charge on any atom is -0.338 e. The van der Waals surface area contributed by atoms with E-state index in [0.717, 1.165) is 32.6 Å². The monoisotopic (exact) mass is 185 g/mol. The summed E-state index contributed by atoms with van der Waals surface area (Å²) in [4.78, 5) is 13.2. The summed E-state index contributed by atoms with van der Waals surface area (Å²) >= 11 is 0. The van der Waals surface area contributed by atoms with Crippen LogP contribution in [0.1, 0.15) is 13.3 Å². The second-order valence-electron chi connectivity index (χ2n) is 3.69. The molecule has 0 radical (unpaired) electrons. The Labute approximate surface area is 79.7 Å². The second kappa shape index (κ2) is 5.07. The largest absolute Gasteiger partial charge is 0.338 e. The predicted molar refractivity (Wildman–Crippen MR) is 52.7 cm³/mol. The number of hydrogen-bond acceptors (Lipinski definition) is 2. The third-order valence-electron chi connectivity index (χ3n) is 2.28. The van der Waals surface area contributed by atoms with Gasteiger partial charge in [0.15, 0.2) is 0 Å². The summed E-state index contributed by atoms with van der Waals surface area (Å²) in [5.74, 6) is 0.576. The van der Waals surface area contributed by atoms with Gasteiger partial charge in [0.2, 0.25) is 0 Å². The van der Waals surface area contributed by atoms with Crippen molar-refractivity contribution in [1.82, 2.24) is 15.5 Å². The number of rotatable bonds is 4. The number of carbonyl (C=O) groups is 1. The quantitative estimate of drug-likeness (QED) is 0.617. The predicted octanol–water partition coefficient (Wildman–Crippen LogP) is 0.257. The lowest BCUT2D eigenvalue weighted by atomic mass is 10.1. The average molecular weight is 185 g/mol. The van der Waals surface area contributed by atoms with Crippen LogP contribution in [-0.2, 0) is 0 Å². The van der Waals surface area contributed by atoms with Gasteiger partial charge in [-0.05, 0) is 25.9 Å². The lowest BCUT2D eigenvalue weighted by Crippen LogP contribution is -2.50. The smallest absolute Gasteiger partial charge is 0.317 e. The molecule has 0 bridgehead atoms. The maximum atomic E-state index is 11.3. The first-order chi connectivity index (χ1) is 6.24. The van der Waals surface area contributed by atoms with Crippen LogP contribution in [0.15, 0.2) is 0 Å². The number of carbonyl (C=O) groups excluding carboxylic acids is 1. The minimum atomic E-state index is 0.0919. The van der Waals surface area contributed by atoms with Crippen LogP contribution >= 0.6 is 0 Å². The summed E-state index contributed by atoms with van der Waals surface area (Å²) in [5, 5.41) is 5.95.